The summed E-state index contributed by atoms with van der Waals surface area (Å²) in [4.78, 5) is 1.97. The van der Waals surface area contributed by atoms with Crippen LogP contribution in [0.25, 0.3) is 22.5 Å². The average Bonchev–Trinajstić information content (AvgIpc) is 3.41. The fourth-order valence-electron chi connectivity index (χ4n) is 6.91. The van der Waals surface area contributed by atoms with Gasteiger partial charge in [0.2, 0.25) is 11.5 Å². The lowest BCUT2D eigenvalue weighted by molar-refractivity contribution is -0.433. The SMILES string of the molecule is CCN1/C(=C/C=C/C=C/C2=[N+](CC)c3ccc(-c4ccc(-c5nnc(C)nn5)cc4)cc3C2(C)C)C(C)(C)c2cc(S(=O)(=O)[O-])ccc21. The zero-order valence-corrected chi connectivity index (χ0v) is 29.2. The molecular formula is C38H40N6O3S. The van der Waals surface area contributed by atoms with E-state index in [0.717, 1.165) is 40.2 Å². The first-order valence-electron chi connectivity index (χ1n) is 16.1. The monoisotopic (exact) mass is 660 g/mol. The summed E-state index contributed by atoms with van der Waals surface area (Å²) < 4.78 is 37.5. The minimum Gasteiger partial charge on any atom is -0.744 e. The minimum atomic E-state index is -4.54. The summed E-state index contributed by atoms with van der Waals surface area (Å²) in [6.07, 6.45) is 10.4. The van der Waals surface area contributed by atoms with Crippen LogP contribution in [0.3, 0.4) is 0 Å². The van der Waals surface area contributed by atoms with Crippen molar-refractivity contribution in [1.29, 1.82) is 0 Å². The molecule has 0 unspecified atom stereocenters. The molecule has 0 radical (unpaired) electrons. The van der Waals surface area contributed by atoms with Gasteiger partial charge in [-0.25, -0.2) is 8.42 Å². The quantitative estimate of drug-likeness (QED) is 0.113. The van der Waals surface area contributed by atoms with E-state index in [9.17, 15) is 13.0 Å². The molecule has 0 saturated carbocycles. The number of allylic oxidation sites excluding steroid dienone is 6. The van der Waals surface area contributed by atoms with Crippen molar-refractivity contribution in [3.63, 3.8) is 0 Å². The molecule has 0 fully saturated rings. The van der Waals surface area contributed by atoms with Crippen LogP contribution in [0.5, 0.6) is 0 Å². The highest BCUT2D eigenvalue weighted by Gasteiger charge is 2.44. The Balaban J connectivity index is 1.24. The molecule has 1 aromatic heterocycles. The first-order valence-corrected chi connectivity index (χ1v) is 17.6. The van der Waals surface area contributed by atoms with Gasteiger partial charge >= 0.3 is 0 Å². The Labute approximate surface area is 282 Å². The lowest BCUT2D eigenvalue weighted by atomic mass is 9.80. The summed E-state index contributed by atoms with van der Waals surface area (Å²) in [7, 11) is -4.54. The van der Waals surface area contributed by atoms with Crippen LogP contribution in [0.1, 0.15) is 58.5 Å². The van der Waals surface area contributed by atoms with Crippen LogP contribution in [-0.2, 0) is 20.9 Å². The molecule has 4 aromatic rings. The fraction of sp³-hybridized carbons (Fsp3) is 0.289. The molecule has 0 saturated heterocycles. The highest BCUT2D eigenvalue weighted by molar-refractivity contribution is 7.85. The second-order valence-corrected chi connectivity index (χ2v) is 14.5. The number of fused-ring (bicyclic) bond motifs is 2. The average molecular weight is 661 g/mol. The molecule has 3 heterocycles. The molecule has 9 nitrogen and oxygen atoms in total. The number of likely N-dealkylation sites (N-methyl/N-ethyl adjacent to an activating group) is 1. The van der Waals surface area contributed by atoms with Gasteiger partial charge in [-0.15, -0.1) is 20.4 Å². The highest BCUT2D eigenvalue weighted by Crippen LogP contribution is 2.48. The molecular weight excluding hydrogens is 621 g/mol. The molecule has 6 rings (SSSR count). The molecule has 0 aliphatic carbocycles. The maximum atomic E-state index is 11.7. The van der Waals surface area contributed by atoms with Gasteiger partial charge in [0, 0.05) is 46.6 Å². The fourth-order valence-corrected chi connectivity index (χ4v) is 7.41. The van der Waals surface area contributed by atoms with E-state index in [4.69, 9.17) is 0 Å². The Hall–Kier alpha value is -4.80. The van der Waals surface area contributed by atoms with Crippen molar-refractivity contribution in [3.8, 4) is 22.5 Å². The van der Waals surface area contributed by atoms with Crippen LogP contribution >= 0.6 is 0 Å². The lowest BCUT2D eigenvalue weighted by Crippen LogP contribution is -2.27. The molecule has 2 aliphatic heterocycles. The summed E-state index contributed by atoms with van der Waals surface area (Å²) in [5.41, 5.74) is 8.94. The number of aryl methyl sites for hydroxylation is 1. The van der Waals surface area contributed by atoms with Crippen LogP contribution < -0.4 is 4.90 Å². The number of anilines is 1. The molecule has 0 amide bonds. The van der Waals surface area contributed by atoms with Gasteiger partial charge in [0.25, 0.3) is 0 Å². The van der Waals surface area contributed by atoms with Crippen LogP contribution in [0.2, 0.25) is 0 Å². The number of hydrogen-bond donors (Lipinski definition) is 0. The van der Waals surface area contributed by atoms with Gasteiger partial charge in [-0.3, -0.25) is 0 Å². The second kappa shape index (κ2) is 12.3. The van der Waals surface area contributed by atoms with Crippen molar-refractivity contribution < 1.29 is 17.5 Å². The van der Waals surface area contributed by atoms with E-state index in [1.807, 2.05) is 24.3 Å². The first kappa shape index (κ1) is 33.1. The molecule has 246 valence electrons. The number of rotatable bonds is 8. The molecule has 0 atom stereocenters. The predicted octanol–water partition coefficient (Wildman–Crippen LogP) is 7.02. The second-order valence-electron chi connectivity index (χ2n) is 13.1. The third kappa shape index (κ3) is 5.79. The number of nitrogens with zero attached hydrogens (tertiary/aromatic N) is 6. The lowest BCUT2D eigenvalue weighted by Gasteiger charge is -2.25. The summed E-state index contributed by atoms with van der Waals surface area (Å²) in [5, 5.41) is 16.4. The highest BCUT2D eigenvalue weighted by atomic mass is 32.2. The summed E-state index contributed by atoms with van der Waals surface area (Å²) in [6, 6.07) is 19.5. The molecule has 10 heteroatoms. The van der Waals surface area contributed by atoms with Crippen LogP contribution in [-0.4, -0.2) is 56.7 Å². The van der Waals surface area contributed by atoms with Gasteiger partial charge in [0.05, 0.1) is 10.3 Å². The number of benzene rings is 3. The Bertz CT molecular complexity index is 2130. The third-order valence-electron chi connectivity index (χ3n) is 9.46. The summed E-state index contributed by atoms with van der Waals surface area (Å²) >= 11 is 0. The Morgan fingerprint density at radius 3 is 2.10 bits per heavy atom. The molecule has 3 aromatic carbocycles. The number of hydrogen-bond acceptors (Lipinski definition) is 8. The van der Waals surface area contributed by atoms with E-state index in [1.165, 1.54) is 29.1 Å². The summed E-state index contributed by atoms with van der Waals surface area (Å²) in [5.74, 6) is 1.04. The predicted molar refractivity (Wildman–Crippen MR) is 189 cm³/mol. The van der Waals surface area contributed by atoms with Crippen LogP contribution in [0.4, 0.5) is 11.4 Å². The zero-order chi connectivity index (χ0) is 34.4. The topological polar surface area (TPSA) is 115 Å². The van der Waals surface area contributed by atoms with E-state index in [2.05, 4.69) is 120 Å². The number of aromatic nitrogens is 4. The molecule has 0 bridgehead atoms. The van der Waals surface area contributed by atoms with Gasteiger partial charge in [0.15, 0.2) is 11.5 Å². The first-order chi connectivity index (χ1) is 22.8. The smallest absolute Gasteiger partial charge is 0.209 e. The van der Waals surface area contributed by atoms with Gasteiger partial charge in [-0.1, -0.05) is 56.3 Å². The zero-order valence-electron chi connectivity index (χ0n) is 28.4. The van der Waals surface area contributed by atoms with Gasteiger partial charge in [0.1, 0.15) is 16.7 Å². The van der Waals surface area contributed by atoms with Crippen molar-refractivity contribution in [1.82, 2.24) is 20.4 Å². The van der Waals surface area contributed by atoms with E-state index in [0.29, 0.717) is 18.2 Å². The Kier molecular flexibility index (Phi) is 8.51. The van der Waals surface area contributed by atoms with Crippen molar-refractivity contribution >= 4 is 27.2 Å². The third-order valence-corrected chi connectivity index (χ3v) is 10.3. The maximum Gasteiger partial charge on any atom is 0.209 e. The molecule has 2 aliphatic rings. The van der Waals surface area contributed by atoms with Crippen molar-refractivity contribution in [3.05, 3.63) is 114 Å². The Morgan fingerprint density at radius 1 is 0.792 bits per heavy atom. The van der Waals surface area contributed by atoms with Crippen LogP contribution in [0.15, 0.2) is 102 Å². The van der Waals surface area contributed by atoms with E-state index >= 15 is 0 Å². The Morgan fingerprint density at radius 2 is 1.46 bits per heavy atom. The molecule has 48 heavy (non-hydrogen) atoms. The van der Waals surface area contributed by atoms with E-state index in [1.54, 1.807) is 13.0 Å². The van der Waals surface area contributed by atoms with Crippen molar-refractivity contribution in [2.24, 2.45) is 0 Å². The van der Waals surface area contributed by atoms with Gasteiger partial charge in [-0.2, -0.15) is 4.58 Å². The van der Waals surface area contributed by atoms with E-state index in [-0.39, 0.29) is 10.3 Å². The van der Waals surface area contributed by atoms with Gasteiger partial charge < -0.3 is 9.45 Å². The molecule has 0 spiro atoms. The maximum absolute atomic E-state index is 11.7. The van der Waals surface area contributed by atoms with Crippen molar-refractivity contribution in [2.75, 3.05) is 18.0 Å². The minimum absolute atomic E-state index is 0.198. The standard InChI is InChI=1S/C38H40N6O3S/c1-8-43-32-21-19-28(26-15-17-27(18-16-26)36-41-39-25(3)40-42-36)23-30(32)37(4,5)34(43)13-11-10-12-14-35-38(6,7)31-24-29(48(45,46)47)20-22-33(31)44(35)9-2/h10-24H,8-9H2,1-7H3. The normalized spacial score (nSPS) is 17.6. The van der Waals surface area contributed by atoms with Crippen molar-refractivity contribution in [2.45, 2.75) is 64.2 Å². The van der Waals surface area contributed by atoms with Gasteiger partial charge in [-0.05, 0) is 87.7 Å². The summed E-state index contributed by atoms with van der Waals surface area (Å²) in [6.45, 7) is 16.2. The van der Waals surface area contributed by atoms with E-state index < -0.39 is 15.5 Å². The molecule has 0 N–H and O–H groups in total. The largest absolute Gasteiger partial charge is 0.744 e. The van der Waals surface area contributed by atoms with Crippen LogP contribution in [0, 0.1) is 6.92 Å².